The summed E-state index contributed by atoms with van der Waals surface area (Å²) in [5, 5.41) is 3.08. The van der Waals surface area contributed by atoms with Gasteiger partial charge in [-0.15, -0.1) is 0 Å². The molecule has 1 amide bonds. The minimum Gasteiger partial charge on any atom is -0.354 e. The van der Waals surface area contributed by atoms with Crippen molar-refractivity contribution >= 4 is 11.6 Å². The first kappa shape index (κ1) is 21.8. The quantitative estimate of drug-likeness (QED) is 0.387. The average molecular weight is 426 g/mol. The Morgan fingerprint density at radius 2 is 1.81 bits per heavy atom. The standard InChI is InChI=1S/C28H31N3O/c1-5-21(4)29-27(32)16-14-25-28(22-9-7-6-8-10-22)30-26-15-13-23(18-31(25)26)24-17-19(2)11-12-20(24)3/h6-13,15,17-18,21H,5,14,16H2,1-4H3,(H,29,32). The van der Waals surface area contributed by atoms with Gasteiger partial charge in [-0.25, -0.2) is 4.98 Å². The van der Waals surface area contributed by atoms with E-state index >= 15 is 0 Å². The van der Waals surface area contributed by atoms with Gasteiger partial charge in [-0.1, -0.05) is 61.0 Å². The fourth-order valence-electron chi connectivity index (χ4n) is 4.05. The van der Waals surface area contributed by atoms with Crippen molar-refractivity contribution in [2.24, 2.45) is 0 Å². The minimum atomic E-state index is 0.0824. The zero-order valence-corrected chi connectivity index (χ0v) is 19.4. The molecule has 2 aromatic carbocycles. The molecule has 2 heterocycles. The van der Waals surface area contributed by atoms with Gasteiger partial charge in [0, 0.05) is 24.2 Å². The zero-order valence-electron chi connectivity index (χ0n) is 19.4. The first-order valence-corrected chi connectivity index (χ1v) is 11.4. The van der Waals surface area contributed by atoms with Crippen molar-refractivity contribution < 1.29 is 4.79 Å². The molecule has 4 rings (SSSR count). The number of nitrogens with one attached hydrogen (secondary N) is 1. The molecule has 4 nitrogen and oxygen atoms in total. The van der Waals surface area contributed by atoms with E-state index in [9.17, 15) is 4.79 Å². The van der Waals surface area contributed by atoms with E-state index in [1.807, 2.05) is 25.1 Å². The molecule has 0 spiro atoms. The average Bonchev–Trinajstić information content (AvgIpc) is 3.17. The van der Waals surface area contributed by atoms with Gasteiger partial charge in [0.2, 0.25) is 5.91 Å². The highest BCUT2D eigenvalue weighted by atomic mass is 16.1. The smallest absolute Gasteiger partial charge is 0.220 e. The lowest BCUT2D eigenvalue weighted by molar-refractivity contribution is -0.121. The molecule has 1 N–H and O–H groups in total. The van der Waals surface area contributed by atoms with Gasteiger partial charge in [0.25, 0.3) is 0 Å². The summed E-state index contributed by atoms with van der Waals surface area (Å²) in [6, 6.07) is 21.2. The molecule has 0 aliphatic carbocycles. The second kappa shape index (κ2) is 9.39. The van der Waals surface area contributed by atoms with Crippen LogP contribution in [0, 0.1) is 13.8 Å². The summed E-state index contributed by atoms with van der Waals surface area (Å²) in [5.74, 6) is 0.0824. The zero-order chi connectivity index (χ0) is 22.7. The van der Waals surface area contributed by atoms with Gasteiger partial charge >= 0.3 is 0 Å². The van der Waals surface area contributed by atoms with Crippen LogP contribution in [0.3, 0.4) is 0 Å². The highest BCUT2D eigenvalue weighted by Gasteiger charge is 2.17. The minimum absolute atomic E-state index is 0.0824. The Morgan fingerprint density at radius 3 is 2.56 bits per heavy atom. The number of rotatable bonds is 7. The van der Waals surface area contributed by atoms with E-state index in [2.05, 4.69) is 79.2 Å². The Labute approximate surface area is 190 Å². The summed E-state index contributed by atoms with van der Waals surface area (Å²) in [6.45, 7) is 8.38. The number of nitrogens with zero attached hydrogens (tertiary/aromatic N) is 2. The van der Waals surface area contributed by atoms with Gasteiger partial charge in [-0.05, 0) is 62.4 Å². The van der Waals surface area contributed by atoms with E-state index in [1.165, 1.54) is 16.7 Å². The van der Waals surface area contributed by atoms with Crippen LogP contribution < -0.4 is 5.32 Å². The summed E-state index contributed by atoms with van der Waals surface area (Å²) in [4.78, 5) is 17.5. The van der Waals surface area contributed by atoms with Crippen molar-refractivity contribution in [1.29, 1.82) is 0 Å². The number of carbonyl (C=O) groups is 1. The molecule has 4 aromatic rings. The molecule has 1 atom stereocenters. The van der Waals surface area contributed by atoms with Crippen molar-refractivity contribution in [3.8, 4) is 22.4 Å². The van der Waals surface area contributed by atoms with Crippen LogP contribution in [0.5, 0.6) is 0 Å². The molecule has 1 unspecified atom stereocenters. The number of amides is 1. The van der Waals surface area contributed by atoms with Crippen molar-refractivity contribution in [3.63, 3.8) is 0 Å². The van der Waals surface area contributed by atoms with Crippen LogP contribution in [0.2, 0.25) is 0 Å². The fourth-order valence-corrected chi connectivity index (χ4v) is 4.05. The fraction of sp³-hybridized carbons (Fsp3) is 0.286. The second-order valence-electron chi connectivity index (χ2n) is 8.61. The van der Waals surface area contributed by atoms with Gasteiger partial charge in [0.15, 0.2) is 0 Å². The normalized spacial score (nSPS) is 12.1. The number of aryl methyl sites for hydroxylation is 3. The molecule has 0 saturated carbocycles. The molecule has 4 heteroatoms. The van der Waals surface area contributed by atoms with Gasteiger partial charge in [-0.2, -0.15) is 0 Å². The topological polar surface area (TPSA) is 46.4 Å². The SMILES string of the molecule is CCC(C)NC(=O)CCc1c(-c2ccccc2)nc2ccc(-c3cc(C)ccc3C)cn12. The summed E-state index contributed by atoms with van der Waals surface area (Å²) >= 11 is 0. The van der Waals surface area contributed by atoms with Crippen LogP contribution in [-0.2, 0) is 11.2 Å². The molecular weight excluding hydrogens is 394 g/mol. The van der Waals surface area contributed by atoms with E-state index in [-0.39, 0.29) is 11.9 Å². The number of pyridine rings is 1. The third-order valence-corrected chi connectivity index (χ3v) is 6.08. The number of imidazole rings is 1. The predicted molar refractivity (Wildman–Crippen MR) is 132 cm³/mol. The van der Waals surface area contributed by atoms with E-state index in [0.29, 0.717) is 12.8 Å². The van der Waals surface area contributed by atoms with Crippen LogP contribution in [-0.4, -0.2) is 21.3 Å². The van der Waals surface area contributed by atoms with Gasteiger partial charge in [-0.3, -0.25) is 4.79 Å². The third-order valence-electron chi connectivity index (χ3n) is 6.08. The van der Waals surface area contributed by atoms with Crippen molar-refractivity contribution in [2.45, 2.75) is 53.0 Å². The summed E-state index contributed by atoms with van der Waals surface area (Å²) in [6.07, 6.45) is 4.16. The third kappa shape index (κ3) is 4.59. The number of fused-ring (bicyclic) bond motifs is 1. The van der Waals surface area contributed by atoms with Crippen molar-refractivity contribution in [3.05, 3.63) is 83.7 Å². The van der Waals surface area contributed by atoms with Crippen LogP contribution in [0.25, 0.3) is 28.0 Å². The molecule has 0 aliphatic heterocycles. The lowest BCUT2D eigenvalue weighted by Gasteiger charge is -2.12. The lowest BCUT2D eigenvalue weighted by atomic mass is 10.00. The Kier molecular flexibility index (Phi) is 6.40. The lowest BCUT2D eigenvalue weighted by Crippen LogP contribution is -2.32. The maximum absolute atomic E-state index is 12.5. The van der Waals surface area contributed by atoms with Crippen LogP contribution in [0.15, 0.2) is 66.9 Å². The molecule has 164 valence electrons. The van der Waals surface area contributed by atoms with Crippen molar-refractivity contribution in [1.82, 2.24) is 14.7 Å². The Hall–Kier alpha value is -3.40. The number of benzene rings is 2. The summed E-state index contributed by atoms with van der Waals surface area (Å²) in [7, 11) is 0. The predicted octanol–water partition coefficient (Wildman–Crippen LogP) is 6.13. The Morgan fingerprint density at radius 1 is 1.03 bits per heavy atom. The van der Waals surface area contributed by atoms with Gasteiger partial charge in [0.05, 0.1) is 11.4 Å². The molecule has 0 saturated heterocycles. The van der Waals surface area contributed by atoms with Crippen LogP contribution in [0.4, 0.5) is 0 Å². The number of carbonyl (C=O) groups excluding carboxylic acids is 1. The van der Waals surface area contributed by atoms with Gasteiger partial charge < -0.3 is 9.72 Å². The number of aromatic nitrogens is 2. The number of hydrogen-bond acceptors (Lipinski definition) is 2. The van der Waals surface area contributed by atoms with Gasteiger partial charge in [0.1, 0.15) is 5.65 Å². The Bertz CT molecular complexity index is 1240. The molecule has 0 bridgehead atoms. The molecular formula is C28H31N3O. The molecule has 0 radical (unpaired) electrons. The number of hydrogen-bond donors (Lipinski definition) is 1. The highest BCUT2D eigenvalue weighted by molar-refractivity contribution is 5.77. The van der Waals surface area contributed by atoms with E-state index in [4.69, 9.17) is 4.98 Å². The first-order chi connectivity index (χ1) is 15.5. The summed E-state index contributed by atoms with van der Waals surface area (Å²) in [5.41, 5.74) is 8.84. The molecule has 32 heavy (non-hydrogen) atoms. The largest absolute Gasteiger partial charge is 0.354 e. The summed E-state index contributed by atoms with van der Waals surface area (Å²) < 4.78 is 2.16. The van der Waals surface area contributed by atoms with E-state index < -0.39 is 0 Å². The van der Waals surface area contributed by atoms with E-state index in [0.717, 1.165) is 34.6 Å². The van der Waals surface area contributed by atoms with Crippen LogP contribution >= 0.6 is 0 Å². The molecule has 0 fully saturated rings. The Balaban J connectivity index is 1.78. The van der Waals surface area contributed by atoms with Crippen molar-refractivity contribution in [2.75, 3.05) is 0 Å². The molecule has 2 aromatic heterocycles. The highest BCUT2D eigenvalue weighted by Crippen LogP contribution is 2.29. The maximum Gasteiger partial charge on any atom is 0.220 e. The van der Waals surface area contributed by atoms with Crippen LogP contribution in [0.1, 0.15) is 43.5 Å². The monoisotopic (exact) mass is 425 g/mol. The van der Waals surface area contributed by atoms with E-state index in [1.54, 1.807) is 0 Å². The second-order valence-corrected chi connectivity index (χ2v) is 8.61. The maximum atomic E-state index is 12.5. The molecule has 0 aliphatic rings. The first-order valence-electron chi connectivity index (χ1n) is 11.4.